The van der Waals surface area contributed by atoms with Crippen molar-refractivity contribution in [2.45, 2.75) is 20.5 Å². The van der Waals surface area contributed by atoms with Crippen molar-refractivity contribution in [2.24, 2.45) is 0 Å². The number of ether oxygens (including phenoxy) is 1. The fourth-order valence-corrected chi connectivity index (χ4v) is 3.83. The fraction of sp³-hybridized carbons (Fsp3) is 0.115. The molecule has 0 saturated heterocycles. The van der Waals surface area contributed by atoms with Crippen LogP contribution in [0.2, 0.25) is 0 Å². The lowest BCUT2D eigenvalue weighted by Gasteiger charge is -2.10. The van der Waals surface area contributed by atoms with Crippen LogP contribution in [0.5, 0.6) is 0 Å². The second-order valence-corrected chi connectivity index (χ2v) is 7.66. The first-order valence-corrected chi connectivity index (χ1v) is 10.2. The van der Waals surface area contributed by atoms with E-state index in [2.05, 4.69) is 4.98 Å². The molecule has 5 aromatic rings. The molecule has 6 nitrogen and oxygen atoms in total. The monoisotopic (exact) mass is 424 g/mol. The average molecular weight is 424 g/mol. The quantitative estimate of drug-likeness (QED) is 0.376. The van der Waals surface area contributed by atoms with Gasteiger partial charge in [0.25, 0.3) is 0 Å². The zero-order chi connectivity index (χ0) is 22.2. The third-order valence-electron chi connectivity index (χ3n) is 5.48. The molecule has 6 heteroatoms. The van der Waals surface area contributed by atoms with E-state index in [-0.39, 0.29) is 23.2 Å². The third kappa shape index (κ3) is 3.36. The fourth-order valence-electron chi connectivity index (χ4n) is 3.83. The minimum atomic E-state index is -0.574. The molecule has 5 rings (SSSR count). The van der Waals surface area contributed by atoms with E-state index >= 15 is 0 Å². The standard InChI is InChI=1S/C26H20N2O4/c1-16-8-7-13-28-14-19(27-25(16)28)15-31-26(30)21-12-6-11-20-22(29)17(2)23(32-24(20)21)18-9-4-3-5-10-18/h3-14H,15H2,1-2H3. The summed E-state index contributed by atoms with van der Waals surface area (Å²) >= 11 is 0. The summed E-state index contributed by atoms with van der Waals surface area (Å²) in [6, 6.07) is 18.2. The highest BCUT2D eigenvalue weighted by Gasteiger charge is 2.19. The lowest BCUT2D eigenvalue weighted by atomic mass is 10.0. The molecular weight excluding hydrogens is 404 g/mol. The van der Waals surface area contributed by atoms with Crippen LogP contribution < -0.4 is 5.43 Å². The Morgan fingerprint density at radius 1 is 1.03 bits per heavy atom. The van der Waals surface area contributed by atoms with Crippen LogP contribution in [0, 0.1) is 13.8 Å². The summed E-state index contributed by atoms with van der Waals surface area (Å²) in [6.45, 7) is 3.71. The average Bonchev–Trinajstić information content (AvgIpc) is 3.24. The maximum atomic E-state index is 13.0. The Labute approximate surface area is 183 Å². The number of fused-ring (bicyclic) bond motifs is 2. The number of carbonyl (C=O) groups excluding carboxylic acids is 1. The van der Waals surface area contributed by atoms with Crippen LogP contribution in [0.3, 0.4) is 0 Å². The van der Waals surface area contributed by atoms with Crippen molar-refractivity contribution < 1.29 is 13.9 Å². The molecule has 0 spiro atoms. The van der Waals surface area contributed by atoms with Gasteiger partial charge in [-0.25, -0.2) is 9.78 Å². The Hall–Kier alpha value is -4.19. The number of nitrogens with zero attached hydrogens (tertiary/aromatic N) is 2. The summed E-state index contributed by atoms with van der Waals surface area (Å²) in [7, 11) is 0. The Morgan fingerprint density at radius 3 is 2.62 bits per heavy atom. The van der Waals surface area contributed by atoms with Gasteiger partial charge in [0, 0.05) is 23.5 Å². The van der Waals surface area contributed by atoms with Crippen LogP contribution in [0.25, 0.3) is 27.9 Å². The Bertz CT molecular complexity index is 1530. The number of aromatic nitrogens is 2. The van der Waals surface area contributed by atoms with E-state index in [4.69, 9.17) is 9.15 Å². The lowest BCUT2D eigenvalue weighted by Crippen LogP contribution is -2.11. The van der Waals surface area contributed by atoms with Crippen molar-refractivity contribution in [1.29, 1.82) is 0 Å². The molecular formula is C26H20N2O4. The molecule has 2 aromatic carbocycles. The summed E-state index contributed by atoms with van der Waals surface area (Å²) in [5.41, 5.74) is 4.00. The number of aryl methyl sites for hydroxylation is 1. The van der Waals surface area contributed by atoms with Gasteiger partial charge in [0.2, 0.25) is 0 Å². The van der Waals surface area contributed by atoms with Gasteiger partial charge in [0.15, 0.2) is 11.0 Å². The summed E-state index contributed by atoms with van der Waals surface area (Å²) in [5.74, 6) is -0.130. The molecule has 0 aliphatic heterocycles. The molecule has 0 unspecified atom stereocenters. The van der Waals surface area contributed by atoms with Crippen molar-refractivity contribution in [1.82, 2.24) is 9.38 Å². The smallest absolute Gasteiger partial charge is 0.342 e. The Kier molecular flexibility index (Phi) is 4.82. The highest BCUT2D eigenvalue weighted by atomic mass is 16.5. The van der Waals surface area contributed by atoms with Gasteiger partial charge in [-0.1, -0.05) is 42.5 Å². The number of rotatable bonds is 4. The molecule has 0 atom stereocenters. The van der Waals surface area contributed by atoms with Gasteiger partial charge in [0.1, 0.15) is 23.6 Å². The molecule has 0 amide bonds. The first kappa shape index (κ1) is 19.8. The predicted octanol–water partition coefficient (Wildman–Crippen LogP) is 5.08. The van der Waals surface area contributed by atoms with Gasteiger partial charge in [-0.05, 0) is 37.6 Å². The molecule has 0 N–H and O–H groups in total. The number of carbonyl (C=O) groups is 1. The highest BCUT2D eigenvalue weighted by molar-refractivity contribution is 6.02. The van der Waals surface area contributed by atoms with E-state index in [0.29, 0.717) is 22.4 Å². The van der Waals surface area contributed by atoms with Crippen LogP contribution in [0.4, 0.5) is 0 Å². The van der Waals surface area contributed by atoms with Crippen LogP contribution in [0.1, 0.15) is 27.2 Å². The van der Waals surface area contributed by atoms with E-state index in [1.807, 2.05) is 66.2 Å². The largest absolute Gasteiger partial charge is 0.455 e. The minimum absolute atomic E-state index is 0.0119. The molecule has 0 saturated carbocycles. The van der Waals surface area contributed by atoms with Crippen LogP contribution in [-0.2, 0) is 11.3 Å². The third-order valence-corrected chi connectivity index (χ3v) is 5.48. The van der Waals surface area contributed by atoms with Crippen LogP contribution in [0.15, 0.2) is 82.3 Å². The van der Waals surface area contributed by atoms with E-state index in [9.17, 15) is 9.59 Å². The van der Waals surface area contributed by atoms with E-state index < -0.39 is 5.97 Å². The zero-order valence-electron chi connectivity index (χ0n) is 17.7. The van der Waals surface area contributed by atoms with Crippen molar-refractivity contribution >= 4 is 22.6 Å². The SMILES string of the molecule is Cc1c(-c2ccccc2)oc2c(C(=O)OCc3cn4cccc(C)c4n3)cccc2c1=O. The van der Waals surface area contributed by atoms with Crippen molar-refractivity contribution in [3.8, 4) is 11.3 Å². The topological polar surface area (TPSA) is 73.8 Å². The first-order valence-electron chi connectivity index (χ1n) is 10.2. The molecule has 0 radical (unpaired) electrons. The van der Waals surface area contributed by atoms with Gasteiger partial charge in [-0.15, -0.1) is 0 Å². The summed E-state index contributed by atoms with van der Waals surface area (Å²) in [6.07, 6.45) is 3.73. The van der Waals surface area contributed by atoms with Gasteiger partial charge in [0.05, 0.1) is 11.1 Å². The van der Waals surface area contributed by atoms with Gasteiger partial charge >= 0.3 is 5.97 Å². The van der Waals surface area contributed by atoms with Gasteiger partial charge in [-0.2, -0.15) is 0 Å². The van der Waals surface area contributed by atoms with Crippen molar-refractivity contribution in [3.05, 3.63) is 106 Å². The molecule has 0 aliphatic carbocycles. The number of imidazole rings is 1. The molecule has 158 valence electrons. The van der Waals surface area contributed by atoms with E-state index in [0.717, 1.165) is 16.8 Å². The molecule has 0 fully saturated rings. The summed E-state index contributed by atoms with van der Waals surface area (Å²) < 4.78 is 13.5. The maximum Gasteiger partial charge on any atom is 0.342 e. The normalized spacial score (nSPS) is 11.2. The lowest BCUT2D eigenvalue weighted by molar-refractivity contribution is 0.0469. The number of pyridine rings is 1. The number of hydrogen-bond donors (Lipinski definition) is 0. The Morgan fingerprint density at radius 2 is 1.84 bits per heavy atom. The molecule has 32 heavy (non-hydrogen) atoms. The second kappa shape index (κ2) is 7.81. The first-order chi connectivity index (χ1) is 15.5. The maximum absolute atomic E-state index is 13.0. The number of esters is 1. The molecule has 3 heterocycles. The molecule has 0 aliphatic rings. The number of benzene rings is 2. The van der Waals surface area contributed by atoms with Crippen molar-refractivity contribution in [3.63, 3.8) is 0 Å². The summed E-state index contributed by atoms with van der Waals surface area (Å²) in [5, 5.41) is 0.347. The zero-order valence-corrected chi connectivity index (χ0v) is 17.7. The second-order valence-electron chi connectivity index (χ2n) is 7.66. The minimum Gasteiger partial charge on any atom is -0.455 e. The number of hydrogen-bond acceptors (Lipinski definition) is 5. The predicted molar refractivity (Wildman–Crippen MR) is 122 cm³/mol. The van der Waals surface area contributed by atoms with E-state index in [1.165, 1.54) is 0 Å². The summed E-state index contributed by atoms with van der Waals surface area (Å²) in [4.78, 5) is 30.5. The molecule has 0 bridgehead atoms. The van der Waals surface area contributed by atoms with Crippen molar-refractivity contribution in [2.75, 3.05) is 0 Å². The van der Waals surface area contributed by atoms with Crippen LogP contribution in [-0.4, -0.2) is 15.4 Å². The highest BCUT2D eigenvalue weighted by Crippen LogP contribution is 2.27. The van der Waals surface area contributed by atoms with Gasteiger partial charge < -0.3 is 13.6 Å². The van der Waals surface area contributed by atoms with E-state index in [1.54, 1.807) is 25.1 Å². The Balaban J connectivity index is 1.51. The van der Waals surface area contributed by atoms with Gasteiger partial charge in [-0.3, -0.25) is 4.79 Å². The molecule has 3 aromatic heterocycles. The number of para-hydroxylation sites is 1. The van der Waals surface area contributed by atoms with Crippen LogP contribution >= 0.6 is 0 Å².